The Morgan fingerprint density at radius 3 is 0.868 bits per heavy atom. The number of carbonyl (C=O) groups is 2. The van der Waals surface area contributed by atoms with E-state index >= 15 is 0 Å². The fraction of sp³-hybridized carbons (Fsp3) is 0.857. The Balaban J connectivity index is 3.97. The highest BCUT2D eigenvalue weighted by Crippen LogP contribution is 2.53. The van der Waals surface area contributed by atoms with E-state index in [4.69, 9.17) is 9.47 Å². The first-order chi connectivity index (χ1) is 17.1. The van der Waals surface area contributed by atoms with E-state index in [0.29, 0.717) is 0 Å². The molecule has 38 heavy (non-hydrogen) atoms. The molecule has 0 spiro atoms. The van der Waals surface area contributed by atoms with Gasteiger partial charge >= 0.3 is 43.2 Å². The molecule has 0 aromatic rings. The van der Waals surface area contributed by atoms with Gasteiger partial charge in [-0.15, -0.1) is 0 Å². The lowest BCUT2D eigenvalue weighted by atomic mass is 9.84. The highest BCUT2D eigenvalue weighted by molar-refractivity contribution is 7.47. The lowest BCUT2D eigenvalue weighted by molar-refractivity contribution is -0.230. The first kappa shape index (κ1) is 35.4. The summed E-state index contributed by atoms with van der Waals surface area (Å²) in [5.41, 5.74) is 0. The van der Waals surface area contributed by atoms with Crippen LogP contribution < -0.4 is 0 Å². The van der Waals surface area contributed by atoms with E-state index in [2.05, 4.69) is 18.1 Å². The van der Waals surface area contributed by atoms with Crippen LogP contribution in [0.1, 0.15) is 39.5 Å². The van der Waals surface area contributed by atoms with Gasteiger partial charge in [0.05, 0.1) is 0 Å². The summed E-state index contributed by atoms with van der Waals surface area (Å²) < 4.78 is 74.7. The maximum Gasteiger partial charge on any atom is 0.470 e. The Morgan fingerprint density at radius 1 is 0.500 bits per heavy atom. The molecule has 0 amide bonds. The zero-order chi connectivity index (χ0) is 29.7. The Bertz CT molecular complexity index is 867. The molecule has 0 aromatic carbocycles. The molecular weight excluding hydrogens is 612 g/mol. The first-order valence-electron chi connectivity index (χ1n) is 10.4. The Morgan fingerprint density at radius 2 is 0.711 bits per heavy atom. The van der Waals surface area contributed by atoms with Crippen LogP contribution in [0.3, 0.4) is 0 Å². The second kappa shape index (κ2) is 13.8. The van der Waals surface area contributed by atoms with E-state index < -0.39 is 92.7 Å². The summed E-state index contributed by atoms with van der Waals surface area (Å²) in [4.78, 5) is 99.8. The molecule has 1 saturated carbocycles. The first-order valence-corrected chi connectivity index (χ1v) is 16.5. The SMILES string of the molecule is CCCC(=O)O[C@@H]1[C@@H](OP(=O)(O)O)[C@H](OP(=O)(O)O)[C@@H](OC(=O)CCC)[C@H](OP(=O)(O)O)[C@@H]1OP(=O)(O)O. The zero-order valence-corrected chi connectivity index (χ0v) is 23.1. The molecule has 8 N–H and O–H groups in total. The van der Waals surface area contributed by atoms with Gasteiger partial charge < -0.3 is 48.6 Å². The molecule has 0 radical (unpaired) electrons. The van der Waals surface area contributed by atoms with E-state index in [0.717, 1.165) is 0 Å². The number of phosphoric ester groups is 4. The van der Waals surface area contributed by atoms with E-state index in [-0.39, 0.29) is 12.8 Å². The number of phosphoric acid groups is 4. The van der Waals surface area contributed by atoms with Crippen LogP contribution >= 0.6 is 31.3 Å². The van der Waals surface area contributed by atoms with Crippen molar-refractivity contribution < 1.29 is 94.6 Å². The predicted molar refractivity (Wildman–Crippen MR) is 117 cm³/mol. The summed E-state index contributed by atoms with van der Waals surface area (Å²) in [5.74, 6) is -2.50. The molecule has 0 unspecified atom stereocenters. The Hall–Kier alpha value is -0.620. The summed E-state index contributed by atoms with van der Waals surface area (Å²) in [5, 5.41) is 0. The molecule has 224 valence electrons. The van der Waals surface area contributed by atoms with Crippen LogP contribution in [0.2, 0.25) is 0 Å². The molecule has 1 rings (SSSR count). The Labute approximate surface area is 214 Å². The summed E-state index contributed by atoms with van der Waals surface area (Å²) in [6.07, 6.45) is -16.4. The number of rotatable bonds is 14. The second-order valence-corrected chi connectivity index (χ2v) is 12.4. The predicted octanol–water partition coefficient (Wildman–Crippen LogP) is -0.665. The molecule has 0 bridgehead atoms. The third-order valence-corrected chi connectivity index (χ3v) is 6.49. The largest absolute Gasteiger partial charge is 0.470 e. The minimum absolute atomic E-state index is 0.0850. The summed E-state index contributed by atoms with van der Waals surface area (Å²) in [7, 11) is -23.0. The molecule has 1 aliphatic rings. The van der Waals surface area contributed by atoms with Crippen LogP contribution in [0.15, 0.2) is 0 Å². The maximum absolute atomic E-state index is 12.3. The van der Waals surface area contributed by atoms with Crippen molar-refractivity contribution in [3.8, 4) is 0 Å². The molecule has 1 fully saturated rings. The maximum atomic E-state index is 12.3. The third-order valence-electron chi connectivity index (χ3n) is 4.42. The number of carbonyl (C=O) groups excluding carboxylic acids is 2. The van der Waals surface area contributed by atoms with Gasteiger partial charge in [0.1, 0.15) is 24.4 Å². The lowest BCUT2D eigenvalue weighted by Crippen LogP contribution is -2.67. The van der Waals surface area contributed by atoms with Gasteiger partial charge in [0.25, 0.3) is 0 Å². The summed E-state index contributed by atoms with van der Waals surface area (Å²) >= 11 is 0. The average Bonchev–Trinajstić information content (AvgIpc) is 2.66. The Kier molecular flexibility index (Phi) is 12.9. The number of hydrogen-bond acceptors (Lipinski definition) is 12. The molecule has 6 atom stereocenters. The second-order valence-electron chi connectivity index (χ2n) is 7.65. The normalized spacial score (nSPS) is 27.1. The fourth-order valence-electron chi connectivity index (χ4n) is 3.33. The van der Waals surface area contributed by atoms with Gasteiger partial charge in [-0.1, -0.05) is 13.8 Å². The molecule has 0 aliphatic heterocycles. The molecule has 0 saturated heterocycles. The molecular formula is C14H28O20P4. The van der Waals surface area contributed by atoms with E-state index in [9.17, 15) is 67.0 Å². The lowest BCUT2D eigenvalue weighted by Gasteiger charge is -2.47. The van der Waals surface area contributed by atoms with E-state index in [1.54, 1.807) is 0 Å². The van der Waals surface area contributed by atoms with Gasteiger partial charge in [-0.2, -0.15) is 0 Å². The highest BCUT2D eigenvalue weighted by Gasteiger charge is 2.62. The standard InChI is InChI=1S/C14H28O20P4/c1-3-5-7(15)29-9-11(31-35(17,18)19)13(33-37(23,24)25)10(30-8(16)6-4-2)14(34-38(26,27)28)12(9)32-36(20,21)22/h9-14H,3-6H2,1-2H3,(H2,17,18,19)(H2,20,21,22)(H2,23,24,25)(H2,26,27,28)/t9-,10-,11-,12-,13-,14+/m1/s1. The van der Waals surface area contributed by atoms with Gasteiger partial charge in [-0.05, 0) is 12.8 Å². The minimum atomic E-state index is -5.75. The summed E-state index contributed by atoms with van der Waals surface area (Å²) in [6, 6.07) is 0. The minimum Gasteiger partial charge on any atom is -0.457 e. The van der Waals surface area contributed by atoms with Crippen LogP contribution in [-0.2, 0) is 55.4 Å². The van der Waals surface area contributed by atoms with Gasteiger partial charge in [-0.3, -0.25) is 27.7 Å². The van der Waals surface area contributed by atoms with Gasteiger partial charge in [0.15, 0.2) is 12.2 Å². The van der Waals surface area contributed by atoms with E-state index in [1.807, 2.05) is 0 Å². The van der Waals surface area contributed by atoms with Crippen LogP contribution in [0, 0.1) is 0 Å². The third kappa shape index (κ3) is 12.7. The summed E-state index contributed by atoms with van der Waals surface area (Å²) in [6.45, 7) is 2.94. The fourth-order valence-corrected chi connectivity index (χ4v) is 5.56. The molecule has 1 aliphatic carbocycles. The zero-order valence-electron chi connectivity index (χ0n) is 19.6. The number of ether oxygens (including phenoxy) is 2. The van der Waals surface area contributed by atoms with Crippen molar-refractivity contribution in [1.82, 2.24) is 0 Å². The topological polar surface area (TPSA) is 320 Å². The smallest absolute Gasteiger partial charge is 0.457 e. The van der Waals surface area contributed by atoms with Crippen LogP contribution in [0.25, 0.3) is 0 Å². The van der Waals surface area contributed by atoms with Gasteiger partial charge in [0.2, 0.25) is 0 Å². The van der Waals surface area contributed by atoms with Crippen molar-refractivity contribution in [2.24, 2.45) is 0 Å². The quantitative estimate of drug-likeness (QED) is 0.0862. The van der Waals surface area contributed by atoms with Crippen LogP contribution in [0.4, 0.5) is 0 Å². The molecule has 0 aromatic heterocycles. The van der Waals surface area contributed by atoms with Crippen LogP contribution in [-0.4, -0.2) is 87.7 Å². The van der Waals surface area contributed by atoms with Crippen molar-refractivity contribution in [3.05, 3.63) is 0 Å². The number of hydrogen-bond donors (Lipinski definition) is 8. The highest BCUT2D eigenvalue weighted by atomic mass is 31.2. The van der Waals surface area contributed by atoms with Gasteiger partial charge in [0, 0.05) is 12.8 Å². The van der Waals surface area contributed by atoms with Crippen molar-refractivity contribution in [2.75, 3.05) is 0 Å². The molecule has 0 heterocycles. The molecule has 24 heteroatoms. The van der Waals surface area contributed by atoms with Crippen molar-refractivity contribution in [1.29, 1.82) is 0 Å². The van der Waals surface area contributed by atoms with Crippen molar-refractivity contribution in [3.63, 3.8) is 0 Å². The number of esters is 2. The monoisotopic (exact) mass is 640 g/mol. The van der Waals surface area contributed by atoms with E-state index in [1.165, 1.54) is 13.8 Å². The van der Waals surface area contributed by atoms with Gasteiger partial charge in [-0.25, -0.2) is 18.3 Å². The molecule has 20 nitrogen and oxygen atoms in total. The average molecular weight is 640 g/mol. The van der Waals surface area contributed by atoms with Crippen LogP contribution in [0.5, 0.6) is 0 Å². The van der Waals surface area contributed by atoms with Crippen molar-refractivity contribution >= 4 is 43.2 Å². The van der Waals surface area contributed by atoms with Crippen molar-refractivity contribution in [2.45, 2.75) is 76.2 Å².